The van der Waals surface area contributed by atoms with Crippen molar-refractivity contribution in [2.45, 2.75) is 26.5 Å². The molecule has 0 fully saturated rings. The van der Waals surface area contributed by atoms with Crippen LogP contribution in [0.5, 0.6) is 5.75 Å². The molecule has 0 aliphatic rings. The molecule has 0 spiro atoms. The summed E-state index contributed by atoms with van der Waals surface area (Å²) in [5.74, 6) is 0.418. The molecule has 20 heavy (non-hydrogen) atoms. The standard InChI is InChI=1S/C16H17BrFNO/c1-10-3-6-16(14(7-10)11(2)19)20-9-12-4-5-13(17)8-15(12)18/h3-8,11H,9,19H2,1-2H3/t11-/m0/s1. The molecule has 0 saturated carbocycles. The first-order valence-electron chi connectivity index (χ1n) is 6.40. The van der Waals surface area contributed by atoms with Crippen LogP contribution in [-0.4, -0.2) is 0 Å². The van der Waals surface area contributed by atoms with Crippen LogP contribution in [0.25, 0.3) is 0 Å². The van der Waals surface area contributed by atoms with Crippen LogP contribution in [-0.2, 0) is 6.61 Å². The molecule has 4 heteroatoms. The number of nitrogens with two attached hydrogens (primary N) is 1. The molecule has 2 aromatic carbocycles. The largest absolute Gasteiger partial charge is 0.488 e. The van der Waals surface area contributed by atoms with E-state index in [0.29, 0.717) is 15.8 Å². The summed E-state index contributed by atoms with van der Waals surface area (Å²) in [5.41, 5.74) is 8.52. The molecule has 0 bridgehead atoms. The first-order valence-corrected chi connectivity index (χ1v) is 7.19. The van der Waals surface area contributed by atoms with Crippen LogP contribution in [0.4, 0.5) is 4.39 Å². The molecule has 0 amide bonds. The normalized spacial score (nSPS) is 12.2. The molecular weight excluding hydrogens is 321 g/mol. The van der Waals surface area contributed by atoms with E-state index in [1.807, 2.05) is 32.0 Å². The van der Waals surface area contributed by atoms with Gasteiger partial charge in [-0.3, -0.25) is 0 Å². The van der Waals surface area contributed by atoms with Crippen molar-refractivity contribution in [1.29, 1.82) is 0 Å². The van der Waals surface area contributed by atoms with Gasteiger partial charge in [-0.2, -0.15) is 0 Å². The van der Waals surface area contributed by atoms with Gasteiger partial charge in [0, 0.05) is 21.6 Å². The van der Waals surface area contributed by atoms with Gasteiger partial charge in [-0.05, 0) is 32.0 Å². The second kappa shape index (κ2) is 6.37. The first-order chi connectivity index (χ1) is 9.47. The molecule has 1 atom stereocenters. The fourth-order valence-corrected chi connectivity index (χ4v) is 2.28. The van der Waals surface area contributed by atoms with Gasteiger partial charge in [-0.1, -0.05) is 39.7 Å². The van der Waals surface area contributed by atoms with Gasteiger partial charge in [0.15, 0.2) is 0 Å². The Balaban J connectivity index is 2.18. The zero-order valence-corrected chi connectivity index (χ0v) is 13.1. The summed E-state index contributed by atoms with van der Waals surface area (Å²) in [4.78, 5) is 0. The highest BCUT2D eigenvalue weighted by Crippen LogP contribution is 2.26. The average molecular weight is 338 g/mol. The third-order valence-electron chi connectivity index (χ3n) is 3.05. The third kappa shape index (κ3) is 3.58. The lowest BCUT2D eigenvalue weighted by Crippen LogP contribution is -2.09. The Bertz CT molecular complexity index is 613. The van der Waals surface area contributed by atoms with Gasteiger partial charge < -0.3 is 10.5 Å². The molecule has 2 rings (SSSR count). The van der Waals surface area contributed by atoms with E-state index in [2.05, 4.69) is 15.9 Å². The number of halogens is 2. The van der Waals surface area contributed by atoms with Gasteiger partial charge in [0.2, 0.25) is 0 Å². The molecule has 0 saturated heterocycles. The number of aryl methyl sites for hydroxylation is 1. The molecule has 2 aromatic rings. The second-order valence-electron chi connectivity index (χ2n) is 4.85. The van der Waals surface area contributed by atoms with Crippen molar-refractivity contribution in [3.05, 3.63) is 63.4 Å². The van der Waals surface area contributed by atoms with Crippen LogP contribution in [0.1, 0.15) is 29.7 Å². The van der Waals surface area contributed by atoms with Crippen LogP contribution >= 0.6 is 15.9 Å². The van der Waals surface area contributed by atoms with Crippen LogP contribution in [0, 0.1) is 12.7 Å². The van der Waals surface area contributed by atoms with Gasteiger partial charge in [0.05, 0.1) is 0 Å². The summed E-state index contributed by atoms with van der Waals surface area (Å²) in [6, 6.07) is 10.6. The molecular formula is C16H17BrFNO. The molecule has 0 heterocycles. The lowest BCUT2D eigenvalue weighted by molar-refractivity contribution is 0.295. The molecule has 0 aliphatic carbocycles. The second-order valence-corrected chi connectivity index (χ2v) is 5.77. The van der Waals surface area contributed by atoms with Gasteiger partial charge in [0.1, 0.15) is 18.2 Å². The zero-order valence-electron chi connectivity index (χ0n) is 11.5. The van der Waals surface area contributed by atoms with Crippen molar-refractivity contribution < 1.29 is 9.13 Å². The van der Waals surface area contributed by atoms with E-state index < -0.39 is 0 Å². The van der Waals surface area contributed by atoms with Crippen molar-refractivity contribution in [2.75, 3.05) is 0 Å². The van der Waals surface area contributed by atoms with Crippen molar-refractivity contribution in [3.63, 3.8) is 0 Å². The molecule has 0 aliphatic heterocycles. The van der Waals surface area contributed by atoms with E-state index in [0.717, 1.165) is 11.1 Å². The summed E-state index contributed by atoms with van der Waals surface area (Å²) in [5, 5.41) is 0. The number of rotatable bonds is 4. The zero-order chi connectivity index (χ0) is 14.7. The van der Waals surface area contributed by atoms with Crippen LogP contribution in [0.15, 0.2) is 40.9 Å². The number of ether oxygens (including phenoxy) is 1. The Hall–Kier alpha value is -1.39. The SMILES string of the molecule is Cc1ccc(OCc2ccc(Br)cc2F)c([C@H](C)N)c1. The predicted octanol–water partition coefficient (Wildman–Crippen LogP) is 4.50. The van der Waals surface area contributed by atoms with Gasteiger partial charge in [-0.15, -0.1) is 0 Å². The number of hydrogen-bond acceptors (Lipinski definition) is 2. The quantitative estimate of drug-likeness (QED) is 0.891. The molecule has 2 N–H and O–H groups in total. The predicted molar refractivity (Wildman–Crippen MR) is 82.2 cm³/mol. The molecule has 0 aromatic heterocycles. The highest BCUT2D eigenvalue weighted by molar-refractivity contribution is 9.10. The van der Waals surface area contributed by atoms with Crippen molar-refractivity contribution in [1.82, 2.24) is 0 Å². The van der Waals surface area contributed by atoms with E-state index in [1.54, 1.807) is 12.1 Å². The number of hydrogen-bond donors (Lipinski definition) is 1. The minimum atomic E-state index is -0.283. The Kier molecular flexibility index (Phi) is 4.78. The third-order valence-corrected chi connectivity index (χ3v) is 3.55. The molecule has 0 radical (unpaired) electrons. The maximum Gasteiger partial charge on any atom is 0.130 e. The lowest BCUT2D eigenvalue weighted by Gasteiger charge is -2.15. The van der Waals surface area contributed by atoms with Crippen molar-refractivity contribution in [2.24, 2.45) is 5.73 Å². The average Bonchev–Trinajstić information content (AvgIpc) is 2.38. The summed E-state index contributed by atoms with van der Waals surface area (Å²) in [7, 11) is 0. The summed E-state index contributed by atoms with van der Waals surface area (Å²) in [6.45, 7) is 4.09. The van der Waals surface area contributed by atoms with E-state index >= 15 is 0 Å². The van der Waals surface area contributed by atoms with Crippen LogP contribution < -0.4 is 10.5 Å². The van der Waals surface area contributed by atoms with E-state index in [4.69, 9.17) is 10.5 Å². The summed E-state index contributed by atoms with van der Waals surface area (Å²) < 4.78 is 20.2. The molecule has 2 nitrogen and oxygen atoms in total. The highest BCUT2D eigenvalue weighted by Gasteiger charge is 2.10. The summed E-state index contributed by atoms with van der Waals surface area (Å²) in [6.07, 6.45) is 0. The maximum absolute atomic E-state index is 13.7. The van der Waals surface area contributed by atoms with Crippen molar-refractivity contribution in [3.8, 4) is 5.75 Å². The first kappa shape index (κ1) is 15.0. The smallest absolute Gasteiger partial charge is 0.130 e. The van der Waals surface area contributed by atoms with E-state index in [9.17, 15) is 4.39 Å². The lowest BCUT2D eigenvalue weighted by atomic mass is 10.1. The summed E-state index contributed by atoms with van der Waals surface area (Å²) >= 11 is 3.23. The Morgan fingerprint density at radius 2 is 2.00 bits per heavy atom. The van der Waals surface area contributed by atoms with Gasteiger partial charge in [-0.25, -0.2) is 4.39 Å². The Morgan fingerprint density at radius 3 is 2.65 bits per heavy atom. The number of benzene rings is 2. The fourth-order valence-electron chi connectivity index (χ4n) is 1.95. The fraction of sp³-hybridized carbons (Fsp3) is 0.250. The van der Waals surface area contributed by atoms with Crippen molar-refractivity contribution >= 4 is 15.9 Å². The van der Waals surface area contributed by atoms with E-state index in [-0.39, 0.29) is 18.5 Å². The molecule has 0 unspecified atom stereocenters. The van der Waals surface area contributed by atoms with Crippen LogP contribution in [0.2, 0.25) is 0 Å². The highest BCUT2D eigenvalue weighted by atomic mass is 79.9. The van der Waals surface area contributed by atoms with Gasteiger partial charge in [0.25, 0.3) is 0 Å². The Morgan fingerprint density at radius 1 is 1.25 bits per heavy atom. The Labute approximate surface area is 126 Å². The minimum Gasteiger partial charge on any atom is -0.488 e. The topological polar surface area (TPSA) is 35.2 Å². The monoisotopic (exact) mass is 337 g/mol. The van der Waals surface area contributed by atoms with Gasteiger partial charge >= 0.3 is 0 Å². The van der Waals surface area contributed by atoms with Crippen LogP contribution in [0.3, 0.4) is 0 Å². The maximum atomic E-state index is 13.7. The van der Waals surface area contributed by atoms with E-state index in [1.165, 1.54) is 6.07 Å². The molecule has 106 valence electrons. The minimum absolute atomic E-state index is 0.125.